The first-order chi connectivity index (χ1) is 21.1. The number of aliphatic hydroxyl groups is 1. The third-order valence-electron chi connectivity index (χ3n) is 7.85. The highest BCUT2D eigenvalue weighted by molar-refractivity contribution is 5.61. The summed E-state index contributed by atoms with van der Waals surface area (Å²) < 4.78 is 40.1. The standard InChI is InChI=1S/C33H50N2O8/c1-37-14-4-12-35-13-17-41-30-11-8-26(18-29(30)35)22-42-31-19-34-20-32(43-24-28(36)23-39-3)33(31)27-9-6-25(7-10-27)21-40-16-5-15-38-2/h6-11,18,28,31-34,36H,4-5,12-17,19-24H2,1-3H3/t28-,31-,32+,33+/m0/s1. The van der Waals surface area contributed by atoms with Gasteiger partial charge in [0, 0.05) is 66.7 Å². The molecule has 0 amide bonds. The maximum atomic E-state index is 10.3. The van der Waals surface area contributed by atoms with Gasteiger partial charge in [-0.1, -0.05) is 30.3 Å². The maximum Gasteiger partial charge on any atom is 0.142 e. The highest BCUT2D eigenvalue weighted by Gasteiger charge is 2.36. The second-order valence-corrected chi connectivity index (χ2v) is 11.1. The molecule has 0 aliphatic carbocycles. The van der Waals surface area contributed by atoms with Crippen molar-refractivity contribution in [2.75, 3.05) is 92.0 Å². The molecule has 2 aromatic rings. The van der Waals surface area contributed by atoms with Crippen LogP contribution in [-0.2, 0) is 41.6 Å². The van der Waals surface area contributed by atoms with E-state index in [1.54, 1.807) is 21.3 Å². The monoisotopic (exact) mass is 602 g/mol. The van der Waals surface area contributed by atoms with Gasteiger partial charge < -0.3 is 48.5 Å². The van der Waals surface area contributed by atoms with Crippen LogP contribution in [0.5, 0.6) is 5.75 Å². The van der Waals surface area contributed by atoms with E-state index in [4.69, 9.17) is 33.2 Å². The number of benzene rings is 2. The van der Waals surface area contributed by atoms with Gasteiger partial charge in [0.05, 0.1) is 50.9 Å². The molecule has 1 fully saturated rings. The molecular weight excluding hydrogens is 552 g/mol. The van der Waals surface area contributed by atoms with E-state index < -0.39 is 6.10 Å². The molecule has 1 saturated heterocycles. The molecule has 43 heavy (non-hydrogen) atoms. The number of anilines is 1. The molecule has 0 saturated carbocycles. The van der Waals surface area contributed by atoms with E-state index in [0.29, 0.717) is 46.1 Å². The first-order valence-corrected chi connectivity index (χ1v) is 15.4. The molecule has 2 N–H and O–H groups in total. The summed E-state index contributed by atoms with van der Waals surface area (Å²) in [5, 5.41) is 13.8. The smallest absolute Gasteiger partial charge is 0.142 e. The molecule has 0 spiro atoms. The Kier molecular flexibility index (Phi) is 14.5. The molecule has 4 rings (SSSR count). The number of piperidine rings is 1. The van der Waals surface area contributed by atoms with Crippen molar-refractivity contribution in [2.24, 2.45) is 0 Å². The molecule has 0 radical (unpaired) electrons. The Morgan fingerprint density at radius 1 is 0.860 bits per heavy atom. The fourth-order valence-corrected chi connectivity index (χ4v) is 5.67. The van der Waals surface area contributed by atoms with Crippen LogP contribution in [-0.4, -0.2) is 111 Å². The summed E-state index contributed by atoms with van der Waals surface area (Å²) in [6.45, 7) is 7.38. The van der Waals surface area contributed by atoms with E-state index in [2.05, 4.69) is 46.6 Å². The third kappa shape index (κ3) is 10.4. The second-order valence-electron chi connectivity index (χ2n) is 11.1. The van der Waals surface area contributed by atoms with E-state index in [1.807, 2.05) is 6.07 Å². The summed E-state index contributed by atoms with van der Waals surface area (Å²) in [6.07, 6.45) is 0.855. The van der Waals surface area contributed by atoms with Crippen molar-refractivity contribution in [2.45, 2.75) is 50.3 Å². The van der Waals surface area contributed by atoms with Crippen molar-refractivity contribution >= 4 is 5.69 Å². The lowest BCUT2D eigenvalue weighted by Gasteiger charge is -2.39. The third-order valence-corrected chi connectivity index (χ3v) is 7.85. The quantitative estimate of drug-likeness (QED) is 0.233. The van der Waals surface area contributed by atoms with Gasteiger partial charge in [0.15, 0.2) is 0 Å². The van der Waals surface area contributed by atoms with Crippen LogP contribution in [0.4, 0.5) is 5.69 Å². The average Bonchev–Trinajstić information content (AvgIpc) is 3.03. The Hall–Kier alpha value is -2.28. The van der Waals surface area contributed by atoms with E-state index in [0.717, 1.165) is 60.7 Å². The first-order valence-electron chi connectivity index (χ1n) is 15.4. The fourth-order valence-electron chi connectivity index (χ4n) is 5.67. The van der Waals surface area contributed by atoms with Crippen molar-refractivity contribution < 1.29 is 38.3 Å². The minimum absolute atomic E-state index is 0.0147. The van der Waals surface area contributed by atoms with Crippen molar-refractivity contribution in [3.05, 3.63) is 59.2 Å². The predicted octanol–water partition coefficient (Wildman–Crippen LogP) is 3.14. The Labute approximate surface area is 256 Å². The molecule has 0 unspecified atom stereocenters. The average molecular weight is 603 g/mol. The predicted molar refractivity (Wildman–Crippen MR) is 165 cm³/mol. The highest BCUT2D eigenvalue weighted by Crippen LogP contribution is 2.34. The summed E-state index contributed by atoms with van der Waals surface area (Å²) in [7, 11) is 5.02. The summed E-state index contributed by atoms with van der Waals surface area (Å²) >= 11 is 0. The van der Waals surface area contributed by atoms with Crippen LogP contribution in [0.15, 0.2) is 42.5 Å². The molecule has 0 aromatic heterocycles. The van der Waals surface area contributed by atoms with Crippen molar-refractivity contribution in [3.8, 4) is 5.75 Å². The van der Waals surface area contributed by atoms with E-state index in [9.17, 15) is 5.11 Å². The van der Waals surface area contributed by atoms with E-state index in [-0.39, 0.29) is 31.3 Å². The van der Waals surface area contributed by atoms with Crippen LogP contribution in [0, 0.1) is 0 Å². The Bertz CT molecular complexity index is 1060. The summed E-state index contributed by atoms with van der Waals surface area (Å²) in [5.74, 6) is 0.898. The van der Waals surface area contributed by atoms with Crippen LogP contribution in [0.25, 0.3) is 0 Å². The Balaban J connectivity index is 1.45. The zero-order valence-corrected chi connectivity index (χ0v) is 26.0. The molecule has 0 bridgehead atoms. The summed E-state index contributed by atoms with van der Waals surface area (Å²) in [6, 6.07) is 14.8. The molecule has 2 aliphatic rings. The normalized spacial score (nSPS) is 20.9. The molecule has 10 heteroatoms. The van der Waals surface area contributed by atoms with Crippen LogP contribution < -0.4 is 15.0 Å². The first kappa shape index (κ1) is 33.6. The number of aliphatic hydroxyl groups excluding tert-OH is 1. The molecule has 4 atom stereocenters. The van der Waals surface area contributed by atoms with E-state index >= 15 is 0 Å². The second kappa shape index (κ2) is 18.5. The largest absolute Gasteiger partial charge is 0.490 e. The Morgan fingerprint density at radius 2 is 1.60 bits per heavy atom. The summed E-state index contributed by atoms with van der Waals surface area (Å²) in [5.41, 5.74) is 4.46. The van der Waals surface area contributed by atoms with Crippen molar-refractivity contribution in [3.63, 3.8) is 0 Å². The fraction of sp³-hybridized carbons (Fsp3) is 0.636. The lowest BCUT2D eigenvalue weighted by Crippen LogP contribution is -2.51. The zero-order chi connectivity index (χ0) is 30.3. The van der Waals surface area contributed by atoms with Crippen LogP contribution >= 0.6 is 0 Å². The van der Waals surface area contributed by atoms with Crippen LogP contribution in [0.1, 0.15) is 35.4 Å². The van der Waals surface area contributed by atoms with Gasteiger partial charge in [-0.2, -0.15) is 0 Å². The zero-order valence-electron chi connectivity index (χ0n) is 26.0. The van der Waals surface area contributed by atoms with Crippen molar-refractivity contribution in [1.82, 2.24) is 5.32 Å². The SMILES string of the molecule is COCCCOCc1ccc([C@@H]2[C@@H](OCc3ccc4c(c3)N(CCCOC)CCO4)CNC[C@H]2OC[C@@H](O)COC)cc1. The van der Waals surface area contributed by atoms with Gasteiger partial charge in [-0.05, 0) is 41.7 Å². The van der Waals surface area contributed by atoms with Gasteiger partial charge in [0.25, 0.3) is 0 Å². The number of hydrogen-bond donors (Lipinski definition) is 2. The number of methoxy groups -OCH3 is 3. The molecule has 2 heterocycles. The lowest BCUT2D eigenvalue weighted by molar-refractivity contribution is -0.0856. The Morgan fingerprint density at radius 3 is 2.37 bits per heavy atom. The van der Waals surface area contributed by atoms with Crippen molar-refractivity contribution in [1.29, 1.82) is 0 Å². The highest BCUT2D eigenvalue weighted by atomic mass is 16.5. The molecule has 240 valence electrons. The van der Waals surface area contributed by atoms with Gasteiger partial charge >= 0.3 is 0 Å². The van der Waals surface area contributed by atoms with Gasteiger partial charge in [-0.3, -0.25) is 0 Å². The molecule has 2 aliphatic heterocycles. The lowest BCUT2D eigenvalue weighted by atomic mass is 9.85. The number of rotatable bonds is 19. The van der Waals surface area contributed by atoms with Gasteiger partial charge in [0.1, 0.15) is 18.5 Å². The van der Waals surface area contributed by atoms with Gasteiger partial charge in [-0.15, -0.1) is 0 Å². The van der Waals surface area contributed by atoms with Crippen LogP contribution in [0.2, 0.25) is 0 Å². The molecule has 2 aromatic carbocycles. The van der Waals surface area contributed by atoms with E-state index in [1.165, 1.54) is 0 Å². The minimum atomic E-state index is -0.686. The number of ether oxygens (including phenoxy) is 7. The van der Waals surface area contributed by atoms with Gasteiger partial charge in [0.2, 0.25) is 0 Å². The minimum Gasteiger partial charge on any atom is -0.490 e. The number of nitrogens with zero attached hydrogens (tertiary/aromatic N) is 1. The molecular formula is C33H50N2O8. The number of nitrogens with one attached hydrogen (secondary N) is 1. The maximum absolute atomic E-state index is 10.3. The number of hydrogen-bond acceptors (Lipinski definition) is 10. The molecule has 10 nitrogen and oxygen atoms in total. The summed E-state index contributed by atoms with van der Waals surface area (Å²) in [4.78, 5) is 2.37. The van der Waals surface area contributed by atoms with Crippen LogP contribution in [0.3, 0.4) is 0 Å². The van der Waals surface area contributed by atoms with Gasteiger partial charge in [-0.25, -0.2) is 0 Å². The number of fused-ring (bicyclic) bond motifs is 1. The topological polar surface area (TPSA) is 100 Å².